The number of hydrogen-bond donors (Lipinski definition) is 2. The molecule has 3 N–H and O–H groups in total. The van der Waals surface area contributed by atoms with Crippen LogP contribution in [0.3, 0.4) is 0 Å². The first-order valence-electron chi connectivity index (χ1n) is 6.62. The number of nitrogens with one attached hydrogen (secondary N) is 1. The molecule has 0 bridgehead atoms. The molecule has 0 spiro atoms. The van der Waals surface area contributed by atoms with E-state index in [9.17, 15) is 9.59 Å². The minimum absolute atomic E-state index is 0.151. The van der Waals surface area contributed by atoms with E-state index < -0.39 is 11.8 Å². The first kappa shape index (κ1) is 13.3. The molecule has 2 fully saturated rings. The third-order valence-electron chi connectivity index (χ3n) is 3.57. The Hall–Kier alpha value is -1.14. The first-order chi connectivity index (χ1) is 8.70. The molecular weight excluding hydrogens is 234 g/mol. The Balaban J connectivity index is 1.83. The van der Waals surface area contributed by atoms with Crippen LogP contribution in [0.2, 0.25) is 0 Å². The quantitative estimate of drug-likeness (QED) is 0.635. The monoisotopic (exact) mass is 255 g/mol. The zero-order valence-corrected chi connectivity index (χ0v) is 10.6. The fourth-order valence-corrected chi connectivity index (χ4v) is 2.51. The van der Waals surface area contributed by atoms with E-state index in [0.717, 1.165) is 25.7 Å². The Morgan fingerprint density at radius 1 is 1.33 bits per heavy atom. The predicted molar refractivity (Wildman–Crippen MR) is 65.8 cm³/mol. The zero-order chi connectivity index (χ0) is 13.0. The van der Waals surface area contributed by atoms with Crippen molar-refractivity contribution in [2.24, 2.45) is 5.73 Å². The second-order valence-corrected chi connectivity index (χ2v) is 4.93. The summed E-state index contributed by atoms with van der Waals surface area (Å²) in [6.07, 6.45) is 4.07. The van der Waals surface area contributed by atoms with E-state index in [-0.39, 0.29) is 12.1 Å². The minimum Gasteiger partial charge on any atom is -0.373 e. The maximum Gasteiger partial charge on any atom is 0.312 e. The van der Waals surface area contributed by atoms with Gasteiger partial charge in [-0.25, -0.2) is 0 Å². The molecule has 18 heavy (non-hydrogen) atoms. The van der Waals surface area contributed by atoms with Crippen LogP contribution in [0.1, 0.15) is 25.7 Å². The largest absolute Gasteiger partial charge is 0.373 e. The highest BCUT2D eigenvalue weighted by molar-refractivity contribution is 6.35. The van der Waals surface area contributed by atoms with Crippen molar-refractivity contribution in [1.82, 2.24) is 10.2 Å². The Kier molecular flexibility index (Phi) is 4.54. The maximum atomic E-state index is 12.0. The minimum atomic E-state index is -0.487. The van der Waals surface area contributed by atoms with Gasteiger partial charge in [-0.15, -0.1) is 0 Å². The summed E-state index contributed by atoms with van der Waals surface area (Å²) in [5, 5.41) is 2.81. The summed E-state index contributed by atoms with van der Waals surface area (Å²) < 4.78 is 5.37. The van der Waals surface area contributed by atoms with E-state index in [4.69, 9.17) is 10.5 Å². The molecule has 102 valence electrons. The topological polar surface area (TPSA) is 84.7 Å². The second kappa shape index (κ2) is 6.15. The molecule has 2 rings (SSSR count). The SMILES string of the molecule is NC[C@@H]1CN(C(=O)C(=O)NC2CCCC2)CCO1. The molecule has 0 aromatic carbocycles. The summed E-state index contributed by atoms with van der Waals surface area (Å²) in [4.78, 5) is 25.3. The lowest BCUT2D eigenvalue weighted by Crippen LogP contribution is -2.53. The van der Waals surface area contributed by atoms with Crippen molar-refractivity contribution in [3.8, 4) is 0 Å². The van der Waals surface area contributed by atoms with Crippen molar-refractivity contribution in [1.29, 1.82) is 0 Å². The number of amides is 2. The first-order valence-corrected chi connectivity index (χ1v) is 6.62. The molecule has 0 aromatic heterocycles. The number of nitrogens with zero attached hydrogens (tertiary/aromatic N) is 1. The van der Waals surface area contributed by atoms with Crippen LogP contribution in [0.15, 0.2) is 0 Å². The molecule has 0 aromatic rings. The van der Waals surface area contributed by atoms with Gasteiger partial charge in [0.25, 0.3) is 0 Å². The predicted octanol–water partition coefficient (Wildman–Crippen LogP) is -0.769. The van der Waals surface area contributed by atoms with Crippen molar-refractivity contribution in [2.75, 3.05) is 26.2 Å². The van der Waals surface area contributed by atoms with E-state index in [2.05, 4.69) is 5.32 Å². The van der Waals surface area contributed by atoms with Gasteiger partial charge in [-0.3, -0.25) is 9.59 Å². The van der Waals surface area contributed by atoms with E-state index in [1.165, 1.54) is 4.90 Å². The molecule has 0 unspecified atom stereocenters. The molecule has 2 amide bonds. The standard InChI is InChI=1S/C12H21N3O3/c13-7-10-8-15(5-6-18-10)12(17)11(16)14-9-3-1-2-4-9/h9-10H,1-8,13H2,(H,14,16)/t10-/m1/s1. The lowest BCUT2D eigenvalue weighted by atomic mass is 10.2. The van der Waals surface area contributed by atoms with Gasteiger partial charge in [0.2, 0.25) is 0 Å². The third-order valence-corrected chi connectivity index (χ3v) is 3.57. The summed E-state index contributed by atoms with van der Waals surface area (Å²) in [7, 11) is 0. The van der Waals surface area contributed by atoms with Crippen molar-refractivity contribution >= 4 is 11.8 Å². The Morgan fingerprint density at radius 3 is 2.72 bits per heavy atom. The molecule has 2 aliphatic rings. The van der Waals surface area contributed by atoms with Crippen LogP contribution in [0.5, 0.6) is 0 Å². The highest BCUT2D eigenvalue weighted by atomic mass is 16.5. The second-order valence-electron chi connectivity index (χ2n) is 4.93. The molecule has 1 aliphatic heterocycles. The Bertz CT molecular complexity index is 316. The van der Waals surface area contributed by atoms with Crippen LogP contribution >= 0.6 is 0 Å². The molecule has 1 saturated carbocycles. The van der Waals surface area contributed by atoms with Gasteiger partial charge >= 0.3 is 11.8 Å². The van der Waals surface area contributed by atoms with Gasteiger partial charge in [0.05, 0.1) is 12.7 Å². The normalized spacial score (nSPS) is 25.2. The van der Waals surface area contributed by atoms with Crippen LogP contribution in [0.25, 0.3) is 0 Å². The smallest absolute Gasteiger partial charge is 0.312 e. The summed E-state index contributed by atoms with van der Waals surface area (Å²) in [5.74, 6) is -0.941. The summed E-state index contributed by atoms with van der Waals surface area (Å²) in [6.45, 7) is 1.69. The van der Waals surface area contributed by atoms with E-state index in [0.29, 0.717) is 26.2 Å². The van der Waals surface area contributed by atoms with Crippen molar-refractivity contribution in [3.63, 3.8) is 0 Å². The van der Waals surface area contributed by atoms with Gasteiger partial charge < -0.3 is 20.7 Å². The van der Waals surface area contributed by atoms with Gasteiger partial charge in [0.1, 0.15) is 0 Å². The van der Waals surface area contributed by atoms with Crippen molar-refractivity contribution in [2.45, 2.75) is 37.8 Å². The van der Waals surface area contributed by atoms with E-state index >= 15 is 0 Å². The van der Waals surface area contributed by atoms with Crippen LogP contribution in [-0.2, 0) is 14.3 Å². The summed E-state index contributed by atoms with van der Waals surface area (Å²) in [6, 6.07) is 0.174. The summed E-state index contributed by atoms with van der Waals surface area (Å²) >= 11 is 0. The van der Waals surface area contributed by atoms with Crippen LogP contribution in [0, 0.1) is 0 Å². The van der Waals surface area contributed by atoms with Crippen LogP contribution in [0.4, 0.5) is 0 Å². The average Bonchev–Trinajstić information content (AvgIpc) is 2.90. The van der Waals surface area contributed by atoms with Crippen molar-refractivity contribution in [3.05, 3.63) is 0 Å². The fraction of sp³-hybridized carbons (Fsp3) is 0.833. The van der Waals surface area contributed by atoms with E-state index in [1.807, 2.05) is 0 Å². The maximum absolute atomic E-state index is 12.0. The highest BCUT2D eigenvalue weighted by Gasteiger charge is 2.29. The van der Waals surface area contributed by atoms with Gasteiger partial charge in [-0.1, -0.05) is 12.8 Å². The highest BCUT2D eigenvalue weighted by Crippen LogP contribution is 2.17. The number of rotatable bonds is 2. The summed E-state index contributed by atoms with van der Waals surface area (Å²) in [5.41, 5.74) is 5.51. The lowest BCUT2D eigenvalue weighted by molar-refractivity contribution is -0.150. The number of carbonyl (C=O) groups is 2. The molecule has 1 saturated heterocycles. The van der Waals surface area contributed by atoms with Crippen LogP contribution in [-0.4, -0.2) is 55.1 Å². The zero-order valence-electron chi connectivity index (χ0n) is 10.6. The Labute approximate surface area is 107 Å². The van der Waals surface area contributed by atoms with Crippen molar-refractivity contribution < 1.29 is 14.3 Å². The van der Waals surface area contributed by atoms with Gasteiger partial charge in [-0.2, -0.15) is 0 Å². The molecular formula is C12H21N3O3. The van der Waals surface area contributed by atoms with E-state index in [1.54, 1.807) is 0 Å². The lowest BCUT2D eigenvalue weighted by Gasteiger charge is -2.32. The number of ether oxygens (including phenoxy) is 1. The average molecular weight is 255 g/mol. The number of nitrogens with two attached hydrogens (primary N) is 1. The van der Waals surface area contributed by atoms with Crippen LogP contribution < -0.4 is 11.1 Å². The molecule has 1 heterocycles. The number of carbonyl (C=O) groups excluding carboxylic acids is 2. The van der Waals surface area contributed by atoms with Gasteiger partial charge in [0.15, 0.2) is 0 Å². The van der Waals surface area contributed by atoms with Gasteiger partial charge in [-0.05, 0) is 12.8 Å². The molecule has 1 aliphatic carbocycles. The molecule has 1 atom stereocenters. The number of morpholine rings is 1. The Morgan fingerprint density at radius 2 is 2.06 bits per heavy atom. The van der Waals surface area contributed by atoms with Gasteiger partial charge in [0, 0.05) is 25.7 Å². The number of hydrogen-bond acceptors (Lipinski definition) is 4. The third kappa shape index (κ3) is 3.20. The molecule has 0 radical (unpaired) electrons. The fourth-order valence-electron chi connectivity index (χ4n) is 2.51. The molecule has 6 heteroatoms. The molecule has 6 nitrogen and oxygen atoms in total.